The van der Waals surface area contributed by atoms with Crippen LogP contribution in [0.4, 0.5) is 5.69 Å². The molecule has 1 heterocycles. The normalized spacial score (nSPS) is 12.4. The van der Waals surface area contributed by atoms with Crippen LogP contribution in [-0.2, 0) is 6.42 Å². The Bertz CT molecular complexity index is 380. The van der Waals surface area contributed by atoms with Crippen molar-refractivity contribution in [1.29, 1.82) is 0 Å². The largest absolute Gasteiger partial charge is 0.317 e. The van der Waals surface area contributed by atoms with Crippen LogP contribution >= 0.6 is 15.9 Å². The summed E-state index contributed by atoms with van der Waals surface area (Å²) in [7, 11) is 1.90. The zero-order valence-corrected chi connectivity index (χ0v) is 10.8. The van der Waals surface area contributed by atoms with Crippen molar-refractivity contribution in [2.45, 2.75) is 25.8 Å². The molecule has 1 N–H and O–H groups in total. The molecule has 0 radical (unpaired) electrons. The maximum absolute atomic E-state index is 10.5. The second kappa shape index (κ2) is 5.91. The maximum Gasteiger partial charge on any atom is 0.288 e. The van der Waals surface area contributed by atoms with Gasteiger partial charge in [0.05, 0.1) is 10.6 Å². The summed E-state index contributed by atoms with van der Waals surface area (Å²) < 4.78 is 0.690. The Morgan fingerprint density at radius 3 is 2.81 bits per heavy atom. The van der Waals surface area contributed by atoms with Crippen molar-refractivity contribution in [2.24, 2.45) is 0 Å². The minimum Gasteiger partial charge on any atom is -0.317 e. The number of nitro groups is 1. The van der Waals surface area contributed by atoms with Gasteiger partial charge in [-0.15, -0.1) is 0 Å². The summed E-state index contributed by atoms with van der Waals surface area (Å²) in [6.45, 7) is 2.08. The van der Waals surface area contributed by atoms with Gasteiger partial charge in [-0.25, -0.2) is 0 Å². The quantitative estimate of drug-likeness (QED) is 0.666. The predicted octanol–water partition coefficient (Wildman–Crippen LogP) is 2.29. The molecule has 5 nitrogen and oxygen atoms in total. The Labute approximate surface area is 103 Å². The number of nitrogens with zero attached hydrogens (tertiary/aromatic N) is 2. The highest BCUT2D eigenvalue weighted by Crippen LogP contribution is 2.21. The highest BCUT2D eigenvalue weighted by atomic mass is 79.9. The fourth-order valence-electron chi connectivity index (χ4n) is 1.39. The van der Waals surface area contributed by atoms with Gasteiger partial charge in [0.25, 0.3) is 5.69 Å². The number of halogens is 1. The van der Waals surface area contributed by atoms with E-state index in [1.807, 2.05) is 7.05 Å². The van der Waals surface area contributed by atoms with E-state index in [9.17, 15) is 10.1 Å². The number of hydrogen-bond acceptors (Lipinski definition) is 4. The predicted molar refractivity (Wildman–Crippen MR) is 65.4 cm³/mol. The number of hydrogen-bond donors (Lipinski definition) is 1. The van der Waals surface area contributed by atoms with E-state index in [4.69, 9.17) is 0 Å². The first-order chi connectivity index (χ1) is 7.58. The molecule has 1 unspecified atom stereocenters. The van der Waals surface area contributed by atoms with Crippen molar-refractivity contribution in [3.63, 3.8) is 0 Å². The first-order valence-electron chi connectivity index (χ1n) is 5.04. The van der Waals surface area contributed by atoms with Gasteiger partial charge in [0, 0.05) is 23.0 Å². The average Bonchev–Trinajstić information content (AvgIpc) is 2.27. The van der Waals surface area contributed by atoms with Gasteiger partial charge in [-0.1, -0.05) is 6.92 Å². The molecule has 0 bridgehead atoms. The van der Waals surface area contributed by atoms with Crippen molar-refractivity contribution in [2.75, 3.05) is 7.05 Å². The third kappa shape index (κ3) is 3.24. The molecule has 1 rings (SSSR count). The molecular weight excluding hydrogens is 274 g/mol. The van der Waals surface area contributed by atoms with Crippen molar-refractivity contribution < 1.29 is 4.92 Å². The minimum atomic E-state index is -0.448. The highest BCUT2D eigenvalue weighted by Gasteiger charge is 2.13. The van der Waals surface area contributed by atoms with Gasteiger partial charge < -0.3 is 5.32 Å². The van der Waals surface area contributed by atoms with Crippen molar-refractivity contribution >= 4 is 21.6 Å². The van der Waals surface area contributed by atoms with Crippen molar-refractivity contribution in [1.82, 2.24) is 10.3 Å². The molecule has 1 aromatic heterocycles. The fourth-order valence-corrected chi connectivity index (χ4v) is 1.89. The minimum absolute atomic E-state index is 0.00753. The Balaban J connectivity index is 2.86. The van der Waals surface area contributed by atoms with Gasteiger partial charge >= 0.3 is 0 Å². The standard InChI is InChI=1S/C10H14BrN3O2/c1-3-7(12-2)4-10-9(11)5-8(6-13-10)14(15)16/h5-7,12H,3-4H2,1-2H3. The first-order valence-corrected chi connectivity index (χ1v) is 5.83. The van der Waals surface area contributed by atoms with E-state index in [0.29, 0.717) is 10.5 Å². The van der Waals surface area contributed by atoms with Crippen molar-refractivity contribution in [3.05, 3.63) is 32.5 Å². The monoisotopic (exact) mass is 287 g/mol. The third-order valence-corrected chi connectivity index (χ3v) is 3.14. The van der Waals surface area contributed by atoms with Crippen LogP contribution < -0.4 is 5.32 Å². The topological polar surface area (TPSA) is 68.1 Å². The van der Waals surface area contributed by atoms with Gasteiger partial charge in [0.1, 0.15) is 6.20 Å². The summed E-state index contributed by atoms with van der Waals surface area (Å²) in [5.74, 6) is 0. The smallest absolute Gasteiger partial charge is 0.288 e. The average molecular weight is 288 g/mol. The van der Waals surface area contributed by atoms with E-state index < -0.39 is 4.92 Å². The Morgan fingerprint density at radius 1 is 1.69 bits per heavy atom. The van der Waals surface area contributed by atoms with Crippen LogP contribution in [0.15, 0.2) is 16.7 Å². The molecule has 0 aliphatic carbocycles. The lowest BCUT2D eigenvalue weighted by Crippen LogP contribution is -2.27. The van der Waals surface area contributed by atoms with E-state index >= 15 is 0 Å². The molecule has 6 heteroatoms. The molecule has 0 saturated carbocycles. The van der Waals surface area contributed by atoms with E-state index in [0.717, 1.165) is 18.5 Å². The van der Waals surface area contributed by atoms with E-state index in [1.165, 1.54) is 12.3 Å². The van der Waals surface area contributed by atoms with Crippen LogP contribution in [0.3, 0.4) is 0 Å². The van der Waals surface area contributed by atoms with Crippen LogP contribution in [0.5, 0.6) is 0 Å². The van der Waals surface area contributed by atoms with Crippen LogP contribution in [0, 0.1) is 10.1 Å². The summed E-state index contributed by atoms with van der Waals surface area (Å²) in [6.07, 6.45) is 3.04. The van der Waals surface area contributed by atoms with Crippen LogP contribution in [0.2, 0.25) is 0 Å². The molecule has 1 atom stereocenters. The maximum atomic E-state index is 10.5. The van der Waals surface area contributed by atoms with E-state index in [-0.39, 0.29) is 5.69 Å². The van der Waals surface area contributed by atoms with Gasteiger partial charge in [-0.05, 0) is 29.4 Å². The number of nitrogens with one attached hydrogen (secondary N) is 1. The molecule has 0 fully saturated rings. The Hall–Kier alpha value is -1.01. The zero-order chi connectivity index (χ0) is 12.1. The summed E-state index contributed by atoms with van der Waals surface area (Å²) in [5.41, 5.74) is 0.847. The van der Waals surface area contributed by atoms with Gasteiger partial charge in [0.2, 0.25) is 0 Å². The summed E-state index contributed by atoms with van der Waals surface area (Å²) in [4.78, 5) is 14.2. The fraction of sp³-hybridized carbons (Fsp3) is 0.500. The summed E-state index contributed by atoms with van der Waals surface area (Å²) in [5, 5.41) is 13.7. The number of aromatic nitrogens is 1. The second-order valence-electron chi connectivity index (χ2n) is 3.48. The lowest BCUT2D eigenvalue weighted by molar-refractivity contribution is -0.385. The number of pyridine rings is 1. The molecule has 0 aliphatic rings. The van der Waals surface area contributed by atoms with Crippen LogP contribution in [-0.4, -0.2) is 23.0 Å². The lowest BCUT2D eigenvalue weighted by Gasteiger charge is -2.13. The number of likely N-dealkylation sites (N-methyl/N-ethyl adjacent to an activating group) is 1. The molecule has 0 aliphatic heterocycles. The summed E-state index contributed by atoms with van der Waals surface area (Å²) >= 11 is 3.31. The second-order valence-corrected chi connectivity index (χ2v) is 4.33. The van der Waals surface area contributed by atoms with E-state index in [2.05, 4.69) is 33.2 Å². The van der Waals surface area contributed by atoms with Crippen molar-refractivity contribution in [3.8, 4) is 0 Å². The molecule has 1 aromatic rings. The molecule has 0 spiro atoms. The lowest BCUT2D eigenvalue weighted by atomic mass is 10.1. The molecule has 0 aromatic carbocycles. The van der Waals surface area contributed by atoms with Gasteiger partial charge in [-0.3, -0.25) is 15.1 Å². The molecule has 16 heavy (non-hydrogen) atoms. The zero-order valence-electron chi connectivity index (χ0n) is 9.24. The molecule has 88 valence electrons. The third-order valence-electron chi connectivity index (χ3n) is 2.45. The number of rotatable bonds is 5. The van der Waals surface area contributed by atoms with Gasteiger partial charge in [0.15, 0.2) is 0 Å². The summed E-state index contributed by atoms with van der Waals surface area (Å²) in [6, 6.07) is 1.83. The van der Waals surface area contributed by atoms with E-state index in [1.54, 1.807) is 0 Å². The Kier molecular flexibility index (Phi) is 4.82. The first kappa shape index (κ1) is 13.1. The molecular formula is C10H14BrN3O2. The molecule has 0 saturated heterocycles. The van der Waals surface area contributed by atoms with Crippen LogP contribution in [0.25, 0.3) is 0 Å². The SMILES string of the molecule is CCC(Cc1ncc([N+](=O)[O-])cc1Br)NC. The molecule has 0 amide bonds. The van der Waals surface area contributed by atoms with Gasteiger partial charge in [-0.2, -0.15) is 0 Å². The Morgan fingerprint density at radius 2 is 2.38 bits per heavy atom. The van der Waals surface area contributed by atoms with Crippen LogP contribution in [0.1, 0.15) is 19.0 Å². The highest BCUT2D eigenvalue weighted by molar-refractivity contribution is 9.10.